The molecule has 146 valence electrons. The average Bonchev–Trinajstić information content (AvgIpc) is 2.68. The lowest BCUT2D eigenvalue weighted by Gasteiger charge is -2.13. The van der Waals surface area contributed by atoms with E-state index in [2.05, 4.69) is 10.6 Å². The Morgan fingerprint density at radius 3 is 2.64 bits per heavy atom. The molecule has 0 radical (unpaired) electrons. The summed E-state index contributed by atoms with van der Waals surface area (Å²) in [4.78, 5) is 12.4. The number of halogens is 1. The van der Waals surface area contributed by atoms with E-state index >= 15 is 0 Å². The van der Waals surface area contributed by atoms with Crippen LogP contribution in [0.3, 0.4) is 0 Å². The lowest BCUT2D eigenvalue weighted by molar-refractivity contribution is -0.618. The number of carbonyl (C=O) groups is 1. The molecule has 0 saturated heterocycles. The lowest BCUT2D eigenvalue weighted by Crippen LogP contribution is -2.41. The van der Waals surface area contributed by atoms with Crippen LogP contribution in [-0.4, -0.2) is 19.2 Å². The second kappa shape index (κ2) is 8.59. The summed E-state index contributed by atoms with van der Waals surface area (Å²) in [5, 5.41) is 29.8. The zero-order valence-electron chi connectivity index (χ0n) is 14.7. The molecule has 9 nitrogen and oxygen atoms in total. The van der Waals surface area contributed by atoms with Gasteiger partial charge in [-0.15, -0.1) is 0 Å². The van der Waals surface area contributed by atoms with Gasteiger partial charge in [-0.05, 0) is 37.2 Å². The topological polar surface area (TPSA) is 130 Å². The molecule has 0 aliphatic rings. The molecule has 0 bridgehead atoms. The highest BCUT2D eigenvalue weighted by Crippen LogP contribution is 2.28. The Balaban J connectivity index is 1.80. The summed E-state index contributed by atoms with van der Waals surface area (Å²) in [5.74, 6) is 0.180. The highest BCUT2D eigenvalue weighted by molar-refractivity contribution is 6.31. The van der Waals surface area contributed by atoms with Crippen LogP contribution in [0.5, 0.6) is 5.75 Å². The number of benzene rings is 2. The van der Waals surface area contributed by atoms with Crippen LogP contribution in [-0.2, 0) is 0 Å². The van der Waals surface area contributed by atoms with E-state index in [0.29, 0.717) is 45.5 Å². The van der Waals surface area contributed by atoms with E-state index in [4.69, 9.17) is 22.1 Å². The second-order valence-corrected chi connectivity index (χ2v) is 6.27. The Morgan fingerprint density at radius 1 is 1.14 bits per heavy atom. The third-order valence-corrected chi connectivity index (χ3v) is 4.07. The summed E-state index contributed by atoms with van der Waals surface area (Å²) in [5.41, 5.74) is 6.08. The summed E-state index contributed by atoms with van der Waals surface area (Å²) in [6, 6.07) is 10.3. The minimum absolute atomic E-state index is 0.129. The van der Waals surface area contributed by atoms with Gasteiger partial charge in [0.25, 0.3) is 11.7 Å². The molecule has 3 rings (SSSR count). The molecule has 2 amide bonds. The third-order valence-electron chi connectivity index (χ3n) is 3.83. The minimum Gasteiger partial charge on any atom is -0.710 e. The monoisotopic (exact) mass is 403 g/mol. The van der Waals surface area contributed by atoms with Gasteiger partial charge in [0.2, 0.25) is 5.52 Å². The molecule has 0 spiro atoms. The summed E-state index contributed by atoms with van der Waals surface area (Å²) >= 11 is 5.99. The zero-order valence-corrected chi connectivity index (χ0v) is 15.5. The SMILES string of the molecule is NCCCOc1ccc(Cl)cc1NC(=O)Nc1c[n+]([O-])c2ccccc2[n+]1[O-]. The van der Waals surface area contributed by atoms with E-state index in [-0.39, 0.29) is 16.9 Å². The molecule has 28 heavy (non-hydrogen) atoms. The van der Waals surface area contributed by atoms with Crippen molar-refractivity contribution >= 4 is 40.2 Å². The molecular weight excluding hydrogens is 386 g/mol. The van der Waals surface area contributed by atoms with Gasteiger partial charge in [0, 0.05) is 11.1 Å². The van der Waals surface area contributed by atoms with Crippen LogP contribution < -0.4 is 30.6 Å². The Labute approximate surface area is 165 Å². The third kappa shape index (κ3) is 4.33. The molecule has 2 aromatic carbocycles. The van der Waals surface area contributed by atoms with Gasteiger partial charge in [-0.25, -0.2) is 9.52 Å². The van der Waals surface area contributed by atoms with Crippen molar-refractivity contribution in [3.8, 4) is 5.75 Å². The number of hydrogen-bond donors (Lipinski definition) is 3. The fourth-order valence-electron chi connectivity index (χ4n) is 2.53. The van der Waals surface area contributed by atoms with Gasteiger partial charge in [-0.1, -0.05) is 23.7 Å². The van der Waals surface area contributed by atoms with Crippen LogP contribution in [0, 0.1) is 10.4 Å². The van der Waals surface area contributed by atoms with Crippen molar-refractivity contribution in [3.63, 3.8) is 0 Å². The number of nitrogens with one attached hydrogen (secondary N) is 2. The number of rotatable bonds is 6. The van der Waals surface area contributed by atoms with Crippen molar-refractivity contribution < 1.29 is 19.0 Å². The Hall–Kier alpha value is -3.30. The lowest BCUT2D eigenvalue weighted by atomic mass is 10.3. The van der Waals surface area contributed by atoms with Crippen LogP contribution >= 0.6 is 11.6 Å². The largest absolute Gasteiger partial charge is 0.710 e. The van der Waals surface area contributed by atoms with Gasteiger partial charge in [0.1, 0.15) is 5.75 Å². The number of carbonyl (C=O) groups excluding carboxylic acids is 1. The van der Waals surface area contributed by atoms with Crippen LogP contribution in [0.15, 0.2) is 48.7 Å². The van der Waals surface area contributed by atoms with Crippen LogP contribution in [0.25, 0.3) is 11.0 Å². The number of nitrogens with zero attached hydrogens (tertiary/aromatic N) is 2. The predicted molar refractivity (Wildman–Crippen MR) is 105 cm³/mol. The number of anilines is 2. The molecule has 0 aliphatic heterocycles. The minimum atomic E-state index is -0.731. The van der Waals surface area contributed by atoms with Crippen LogP contribution in [0.2, 0.25) is 5.02 Å². The van der Waals surface area contributed by atoms with E-state index in [1.165, 1.54) is 18.2 Å². The van der Waals surface area contributed by atoms with Gasteiger partial charge in [-0.2, -0.15) is 10.0 Å². The molecule has 1 aromatic heterocycles. The standard InChI is InChI=1S/C18H18ClN5O4/c19-12-6-7-16(28-9-3-8-20)13(10-12)21-18(25)22-17-11-23(26)14-4-1-2-5-15(14)24(17)27/h1-2,4-7,10-11H,3,8-9,20H2,(H2,21,22,25). The number of fused-ring (bicyclic) bond motifs is 1. The number of aromatic nitrogens is 2. The van der Waals surface area contributed by atoms with E-state index < -0.39 is 6.03 Å². The maximum atomic E-state index is 12.4. The normalized spacial score (nSPS) is 10.6. The van der Waals surface area contributed by atoms with E-state index in [0.717, 1.165) is 6.20 Å². The number of para-hydroxylation sites is 2. The zero-order chi connectivity index (χ0) is 20.1. The Kier molecular flexibility index (Phi) is 5.97. The second-order valence-electron chi connectivity index (χ2n) is 5.83. The molecule has 10 heteroatoms. The number of urea groups is 1. The fourth-order valence-corrected chi connectivity index (χ4v) is 2.70. The van der Waals surface area contributed by atoms with Gasteiger partial charge in [-0.3, -0.25) is 5.32 Å². The fraction of sp³-hybridized carbons (Fsp3) is 0.167. The van der Waals surface area contributed by atoms with Gasteiger partial charge < -0.3 is 20.9 Å². The highest BCUT2D eigenvalue weighted by atomic mass is 35.5. The molecule has 0 unspecified atom stereocenters. The number of hydrogen-bond acceptors (Lipinski definition) is 5. The molecule has 0 atom stereocenters. The van der Waals surface area contributed by atoms with Crippen LogP contribution in [0.4, 0.5) is 16.3 Å². The first-order valence-electron chi connectivity index (χ1n) is 8.44. The molecule has 1 heterocycles. The van der Waals surface area contributed by atoms with Crippen molar-refractivity contribution in [2.45, 2.75) is 6.42 Å². The number of amides is 2. The summed E-state index contributed by atoms with van der Waals surface area (Å²) in [7, 11) is 0. The first-order valence-corrected chi connectivity index (χ1v) is 8.82. The van der Waals surface area contributed by atoms with Crippen molar-refractivity contribution in [1.29, 1.82) is 0 Å². The Bertz CT molecular complexity index is 1010. The van der Waals surface area contributed by atoms with Crippen molar-refractivity contribution in [3.05, 3.63) is 64.1 Å². The van der Waals surface area contributed by atoms with Crippen molar-refractivity contribution in [2.75, 3.05) is 23.8 Å². The highest BCUT2D eigenvalue weighted by Gasteiger charge is 2.20. The first-order chi connectivity index (χ1) is 13.5. The van der Waals surface area contributed by atoms with E-state index in [1.807, 2.05) is 0 Å². The van der Waals surface area contributed by atoms with Gasteiger partial charge in [0.15, 0.2) is 0 Å². The number of ether oxygens (including phenoxy) is 1. The summed E-state index contributed by atoms with van der Waals surface area (Å²) < 4.78 is 6.57. The molecular formula is C18H18ClN5O4. The molecule has 0 fully saturated rings. The van der Waals surface area contributed by atoms with Crippen molar-refractivity contribution in [2.24, 2.45) is 5.73 Å². The summed E-state index contributed by atoms with van der Waals surface area (Å²) in [6.45, 7) is 0.841. The average molecular weight is 404 g/mol. The molecule has 0 saturated carbocycles. The van der Waals surface area contributed by atoms with Gasteiger partial charge >= 0.3 is 11.8 Å². The van der Waals surface area contributed by atoms with E-state index in [1.54, 1.807) is 24.3 Å². The molecule has 3 aromatic rings. The quantitative estimate of drug-likeness (QED) is 0.329. The maximum Gasteiger partial charge on any atom is 0.411 e. The van der Waals surface area contributed by atoms with E-state index in [9.17, 15) is 15.2 Å². The maximum absolute atomic E-state index is 12.4. The Morgan fingerprint density at radius 2 is 1.89 bits per heavy atom. The molecule has 4 N–H and O–H groups in total. The van der Waals surface area contributed by atoms with Gasteiger partial charge in [0.05, 0.1) is 12.3 Å². The summed E-state index contributed by atoms with van der Waals surface area (Å²) in [6.07, 6.45) is 1.64. The smallest absolute Gasteiger partial charge is 0.411 e. The number of nitrogens with two attached hydrogens (primary N) is 1. The first kappa shape index (κ1) is 19.5. The van der Waals surface area contributed by atoms with Crippen molar-refractivity contribution in [1.82, 2.24) is 0 Å². The van der Waals surface area contributed by atoms with Crippen LogP contribution in [0.1, 0.15) is 6.42 Å². The molecule has 0 aliphatic carbocycles. The predicted octanol–water partition coefficient (Wildman–Crippen LogP) is 2.13.